The third-order valence-corrected chi connectivity index (χ3v) is 2.55. The van der Waals surface area contributed by atoms with Gasteiger partial charge in [-0.05, 0) is 19.1 Å². The maximum Gasteiger partial charge on any atom is 0.381 e. The largest absolute Gasteiger partial charge is 0.461 e. The van der Waals surface area contributed by atoms with E-state index in [1.165, 1.54) is 19.1 Å². The van der Waals surface area contributed by atoms with Crippen LogP contribution in [0.25, 0.3) is 11.5 Å². The molecule has 0 unspecified atom stereocenters. The average molecular weight is 282 g/mol. The summed E-state index contributed by atoms with van der Waals surface area (Å²) in [6.45, 7) is 2.99. The zero-order valence-electron chi connectivity index (χ0n) is 10.9. The van der Waals surface area contributed by atoms with Crippen LogP contribution in [0, 0.1) is 6.92 Å². The number of benzene rings is 1. The molecular weight excluding hydrogens is 270 g/mol. The van der Waals surface area contributed by atoms with Crippen LogP contribution in [0.15, 0.2) is 28.7 Å². The molecule has 20 heavy (non-hydrogen) atoms. The maximum absolute atomic E-state index is 13.7. The van der Waals surface area contributed by atoms with Gasteiger partial charge in [-0.25, -0.2) is 4.79 Å². The predicted octanol–water partition coefficient (Wildman–Crippen LogP) is 2.70. The van der Waals surface area contributed by atoms with Crippen LogP contribution in [0.2, 0.25) is 0 Å². The summed E-state index contributed by atoms with van der Waals surface area (Å²) in [5.74, 6) is -4.64. The molecule has 0 fully saturated rings. The van der Waals surface area contributed by atoms with E-state index in [9.17, 15) is 13.6 Å². The molecule has 2 rings (SSSR count). The molecule has 0 radical (unpaired) electrons. The van der Waals surface area contributed by atoms with Gasteiger partial charge in [0.15, 0.2) is 0 Å². The quantitative estimate of drug-likeness (QED) is 0.807. The number of aromatic nitrogens is 2. The van der Waals surface area contributed by atoms with Crippen LogP contribution < -0.4 is 0 Å². The second-order valence-electron chi connectivity index (χ2n) is 4.00. The Balaban J connectivity index is 2.26. The van der Waals surface area contributed by atoms with Crippen molar-refractivity contribution in [1.29, 1.82) is 0 Å². The average Bonchev–Trinajstić information content (AvgIpc) is 2.86. The lowest BCUT2D eigenvalue weighted by Gasteiger charge is -2.14. The van der Waals surface area contributed by atoms with Gasteiger partial charge in [0.1, 0.15) is 0 Å². The van der Waals surface area contributed by atoms with Crippen LogP contribution in [-0.2, 0) is 15.5 Å². The molecule has 1 heterocycles. The summed E-state index contributed by atoms with van der Waals surface area (Å²) in [7, 11) is 0. The van der Waals surface area contributed by atoms with E-state index in [1.54, 1.807) is 6.92 Å². The van der Waals surface area contributed by atoms with E-state index in [4.69, 9.17) is 4.42 Å². The van der Waals surface area contributed by atoms with Gasteiger partial charge >= 0.3 is 11.9 Å². The van der Waals surface area contributed by atoms with Gasteiger partial charge in [-0.1, -0.05) is 12.1 Å². The second kappa shape index (κ2) is 5.36. The van der Waals surface area contributed by atoms with Crippen LogP contribution in [0.5, 0.6) is 0 Å². The van der Waals surface area contributed by atoms with Gasteiger partial charge < -0.3 is 9.15 Å². The van der Waals surface area contributed by atoms with Crippen molar-refractivity contribution < 1.29 is 22.7 Å². The van der Waals surface area contributed by atoms with Crippen LogP contribution >= 0.6 is 0 Å². The third-order valence-electron chi connectivity index (χ3n) is 2.55. The number of carbonyl (C=O) groups excluding carboxylic acids is 1. The topological polar surface area (TPSA) is 65.2 Å². The Kier molecular flexibility index (Phi) is 3.78. The van der Waals surface area contributed by atoms with Crippen molar-refractivity contribution in [3.8, 4) is 11.5 Å². The fourth-order valence-electron chi connectivity index (χ4n) is 1.57. The summed E-state index contributed by atoms with van der Waals surface area (Å²) >= 11 is 0. The Hall–Kier alpha value is -2.31. The normalized spacial score (nSPS) is 11.4. The molecule has 0 saturated carbocycles. The predicted molar refractivity (Wildman–Crippen MR) is 65.0 cm³/mol. The van der Waals surface area contributed by atoms with Gasteiger partial charge in [0.05, 0.1) is 6.61 Å². The Bertz CT molecular complexity index is 608. The van der Waals surface area contributed by atoms with Gasteiger partial charge in [0.2, 0.25) is 11.8 Å². The van der Waals surface area contributed by atoms with Crippen LogP contribution in [0.3, 0.4) is 0 Å². The first-order chi connectivity index (χ1) is 9.45. The minimum absolute atomic E-state index is 0.103. The number of halogens is 2. The molecule has 2 aromatic rings. The lowest BCUT2D eigenvalue weighted by molar-refractivity contribution is -0.173. The van der Waals surface area contributed by atoms with Crippen molar-refractivity contribution in [2.75, 3.05) is 6.61 Å². The number of rotatable bonds is 4. The van der Waals surface area contributed by atoms with Crippen molar-refractivity contribution in [3.05, 3.63) is 35.7 Å². The first-order valence-corrected chi connectivity index (χ1v) is 5.91. The van der Waals surface area contributed by atoms with E-state index in [0.29, 0.717) is 11.5 Å². The molecule has 0 saturated heterocycles. The highest BCUT2D eigenvalue weighted by molar-refractivity contribution is 5.79. The number of hydrogen-bond acceptors (Lipinski definition) is 5. The van der Waals surface area contributed by atoms with Crippen molar-refractivity contribution in [2.24, 2.45) is 0 Å². The lowest BCUT2D eigenvalue weighted by Crippen LogP contribution is -2.28. The van der Waals surface area contributed by atoms with Gasteiger partial charge in [0, 0.05) is 18.1 Å². The fourth-order valence-corrected chi connectivity index (χ4v) is 1.57. The first kappa shape index (κ1) is 14.1. The van der Waals surface area contributed by atoms with Crippen LogP contribution in [0.1, 0.15) is 18.4 Å². The first-order valence-electron chi connectivity index (χ1n) is 5.91. The summed E-state index contributed by atoms with van der Waals surface area (Å²) < 4.78 is 37.0. The number of ether oxygens (including phenoxy) is 1. The molecular formula is C13H12F2N2O3. The van der Waals surface area contributed by atoms with E-state index >= 15 is 0 Å². The van der Waals surface area contributed by atoms with Crippen molar-refractivity contribution in [2.45, 2.75) is 19.8 Å². The monoisotopic (exact) mass is 282 g/mol. The highest BCUT2D eigenvalue weighted by Gasteiger charge is 2.42. The molecule has 0 amide bonds. The fraction of sp³-hybridized carbons (Fsp3) is 0.308. The molecule has 7 heteroatoms. The molecule has 1 aromatic carbocycles. The minimum atomic E-state index is -3.68. The molecule has 0 N–H and O–H groups in total. The Morgan fingerprint density at radius 1 is 1.30 bits per heavy atom. The Labute approximate surface area is 113 Å². The van der Waals surface area contributed by atoms with E-state index in [0.717, 1.165) is 12.1 Å². The molecule has 1 aromatic heterocycles. The highest BCUT2D eigenvalue weighted by atomic mass is 19.3. The molecule has 0 bridgehead atoms. The van der Waals surface area contributed by atoms with Crippen molar-refractivity contribution in [1.82, 2.24) is 10.2 Å². The molecule has 0 aliphatic heterocycles. The third kappa shape index (κ3) is 2.66. The van der Waals surface area contributed by atoms with Gasteiger partial charge in [0.25, 0.3) is 0 Å². The number of nitrogens with zero attached hydrogens (tertiary/aromatic N) is 2. The van der Waals surface area contributed by atoms with E-state index in [1.807, 2.05) is 0 Å². The molecule has 0 aliphatic carbocycles. The Morgan fingerprint density at radius 3 is 2.45 bits per heavy atom. The van der Waals surface area contributed by atoms with E-state index in [2.05, 4.69) is 14.9 Å². The maximum atomic E-state index is 13.7. The lowest BCUT2D eigenvalue weighted by atomic mass is 10.1. The Morgan fingerprint density at radius 2 is 1.95 bits per heavy atom. The molecule has 0 atom stereocenters. The SMILES string of the molecule is CCOC(=O)C(F)(F)c1ccc(-c2nnc(C)o2)cc1. The summed E-state index contributed by atoms with van der Waals surface area (Å²) in [5.41, 5.74) is 0.0462. The van der Waals surface area contributed by atoms with Gasteiger partial charge in [-0.2, -0.15) is 8.78 Å². The van der Waals surface area contributed by atoms with E-state index < -0.39 is 17.5 Å². The van der Waals surface area contributed by atoms with Gasteiger partial charge in [-0.3, -0.25) is 0 Å². The van der Waals surface area contributed by atoms with Crippen molar-refractivity contribution in [3.63, 3.8) is 0 Å². The van der Waals surface area contributed by atoms with Crippen molar-refractivity contribution >= 4 is 5.97 Å². The number of hydrogen-bond donors (Lipinski definition) is 0. The number of esters is 1. The van der Waals surface area contributed by atoms with Crippen LogP contribution in [0.4, 0.5) is 8.78 Å². The minimum Gasteiger partial charge on any atom is -0.461 e. The standard InChI is InChI=1S/C13H12F2N2O3/c1-3-19-12(18)13(14,15)10-6-4-9(5-7-10)11-17-16-8(2)20-11/h4-7H,3H2,1-2H3. The molecule has 5 nitrogen and oxygen atoms in total. The smallest absolute Gasteiger partial charge is 0.381 e. The summed E-state index contributed by atoms with van der Waals surface area (Å²) in [6.07, 6.45) is 0. The van der Waals surface area contributed by atoms with Crippen LogP contribution in [-0.4, -0.2) is 22.8 Å². The summed E-state index contributed by atoms with van der Waals surface area (Å²) in [4.78, 5) is 11.2. The highest BCUT2D eigenvalue weighted by Crippen LogP contribution is 2.31. The zero-order valence-corrected chi connectivity index (χ0v) is 10.9. The van der Waals surface area contributed by atoms with Gasteiger partial charge in [-0.15, -0.1) is 10.2 Å². The number of aryl methyl sites for hydroxylation is 1. The number of carbonyl (C=O) groups is 1. The van der Waals surface area contributed by atoms with E-state index in [-0.39, 0.29) is 12.5 Å². The summed E-state index contributed by atoms with van der Waals surface area (Å²) in [5, 5.41) is 7.42. The number of alkyl halides is 2. The summed E-state index contributed by atoms with van der Waals surface area (Å²) in [6, 6.07) is 5.03. The zero-order chi connectivity index (χ0) is 14.8. The molecule has 0 spiro atoms. The molecule has 106 valence electrons. The molecule has 0 aliphatic rings. The second-order valence-corrected chi connectivity index (χ2v) is 4.00.